The minimum absolute atomic E-state index is 0.133. The summed E-state index contributed by atoms with van der Waals surface area (Å²) in [7, 11) is 1.69. The van der Waals surface area contributed by atoms with Crippen molar-refractivity contribution in [1.29, 1.82) is 0 Å². The highest BCUT2D eigenvalue weighted by Crippen LogP contribution is 2.29. The molecule has 0 N–H and O–H groups in total. The first kappa shape index (κ1) is 24.8. The third kappa shape index (κ3) is 7.31. The molecule has 0 unspecified atom stereocenters. The highest BCUT2D eigenvalue weighted by Gasteiger charge is 2.26. The van der Waals surface area contributed by atoms with E-state index in [2.05, 4.69) is 12.1 Å². The first-order valence-electron chi connectivity index (χ1n) is 12.3. The second-order valence-corrected chi connectivity index (χ2v) is 9.02. The van der Waals surface area contributed by atoms with Crippen LogP contribution in [0.25, 0.3) is 5.57 Å². The Morgan fingerprint density at radius 1 is 1.03 bits per heavy atom. The third-order valence-electron chi connectivity index (χ3n) is 6.66. The number of ether oxygens (including phenoxy) is 1. The van der Waals surface area contributed by atoms with Gasteiger partial charge in [-0.15, -0.1) is 0 Å². The van der Waals surface area contributed by atoms with Crippen molar-refractivity contribution in [3.05, 3.63) is 65.7 Å². The van der Waals surface area contributed by atoms with Gasteiger partial charge in [0.2, 0.25) is 5.91 Å². The fourth-order valence-corrected chi connectivity index (χ4v) is 4.62. The zero-order valence-electron chi connectivity index (χ0n) is 20.1. The van der Waals surface area contributed by atoms with E-state index in [0.29, 0.717) is 0 Å². The van der Waals surface area contributed by atoms with Gasteiger partial charge in [-0.3, -0.25) is 9.59 Å². The molecule has 1 saturated carbocycles. The predicted octanol–water partition coefficient (Wildman–Crippen LogP) is 6.62. The molecule has 176 valence electrons. The van der Waals surface area contributed by atoms with Crippen molar-refractivity contribution in [3.8, 4) is 5.75 Å². The summed E-state index contributed by atoms with van der Waals surface area (Å²) >= 11 is 0. The average molecular weight is 448 g/mol. The molecule has 4 nitrogen and oxygen atoms in total. The molecule has 0 spiro atoms. The van der Waals surface area contributed by atoms with Gasteiger partial charge in [-0.2, -0.15) is 0 Å². The first-order chi connectivity index (χ1) is 16.1. The summed E-state index contributed by atoms with van der Waals surface area (Å²) in [5.74, 6) is 1.28. The summed E-state index contributed by atoms with van der Waals surface area (Å²) in [5.41, 5.74) is 4.16. The highest BCUT2D eigenvalue weighted by atomic mass is 16.5. The van der Waals surface area contributed by atoms with E-state index in [-0.39, 0.29) is 11.8 Å². The number of benzene rings is 2. The molecule has 4 heteroatoms. The fraction of sp³-hybridized carbons (Fsp3) is 0.448. The molecule has 2 aromatic rings. The molecule has 0 aliphatic heterocycles. The van der Waals surface area contributed by atoms with E-state index in [9.17, 15) is 9.59 Å². The molecule has 1 aliphatic rings. The highest BCUT2D eigenvalue weighted by molar-refractivity contribution is 5.95. The number of nitrogens with zero attached hydrogens (tertiary/aromatic N) is 1. The average Bonchev–Trinajstić information content (AvgIpc) is 2.87. The Kier molecular flexibility index (Phi) is 9.74. The number of amides is 1. The van der Waals surface area contributed by atoms with Crippen molar-refractivity contribution in [1.82, 2.24) is 0 Å². The Morgan fingerprint density at radius 3 is 2.48 bits per heavy atom. The van der Waals surface area contributed by atoms with E-state index in [1.54, 1.807) is 13.2 Å². The van der Waals surface area contributed by atoms with E-state index < -0.39 is 0 Å². The number of carbonyl (C=O) groups excluding carboxylic acids is 2. The topological polar surface area (TPSA) is 46.6 Å². The summed E-state index contributed by atoms with van der Waals surface area (Å²) in [6.45, 7) is 2.66. The molecule has 0 atom stereocenters. The van der Waals surface area contributed by atoms with E-state index in [4.69, 9.17) is 4.74 Å². The van der Waals surface area contributed by atoms with Crippen LogP contribution in [-0.4, -0.2) is 25.8 Å². The van der Waals surface area contributed by atoms with Crippen LogP contribution in [0.5, 0.6) is 5.75 Å². The van der Waals surface area contributed by atoms with Gasteiger partial charge in [0.15, 0.2) is 0 Å². The Bertz CT molecular complexity index is 926. The number of methoxy groups -OCH3 is 1. The van der Waals surface area contributed by atoms with Gasteiger partial charge in [-0.25, -0.2) is 0 Å². The maximum absolute atomic E-state index is 13.5. The van der Waals surface area contributed by atoms with Crippen LogP contribution in [0.4, 0.5) is 5.69 Å². The number of aldehydes is 1. The van der Waals surface area contributed by atoms with Gasteiger partial charge >= 0.3 is 0 Å². The van der Waals surface area contributed by atoms with E-state index in [1.807, 2.05) is 48.2 Å². The number of hydrogen-bond donors (Lipinski definition) is 0. The summed E-state index contributed by atoms with van der Waals surface area (Å²) in [5, 5.41) is 0. The van der Waals surface area contributed by atoms with Gasteiger partial charge in [0.1, 0.15) is 12.0 Å². The van der Waals surface area contributed by atoms with E-state index in [0.717, 1.165) is 86.8 Å². The minimum atomic E-state index is 0.133. The summed E-state index contributed by atoms with van der Waals surface area (Å²) < 4.78 is 5.23. The molecule has 2 aromatic carbocycles. The van der Waals surface area contributed by atoms with Gasteiger partial charge in [-0.1, -0.05) is 49.9 Å². The Morgan fingerprint density at radius 2 is 1.79 bits per heavy atom. The predicted molar refractivity (Wildman–Crippen MR) is 136 cm³/mol. The Labute approximate surface area is 198 Å². The lowest BCUT2D eigenvalue weighted by atomic mass is 9.88. The maximum atomic E-state index is 13.5. The van der Waals surface area contributed by atoms with E-state index >= 15 is 0 Å². The SMILES string of the molecule is COc1ccc(CCCCCN(C(=O)C2CCCCC2)c2cccc(/C(C)=C/C=O)c2)cc1. The number of aryl methyl sites for hydroxylation is 1. The van der Waals surface area contributed by atoms with Crippen molar-refractivity contribution in [3.63, 3.8) is 0 Å². The van der Waals surface area contributed by atoms with Crippen molar-refractivity contribution < 1.29 is 14.3 Å². The smallest absolute Gasteiger partial charge is 0.230 e. The summed E-state index contributed by atoms with van der Waals surface area (Å²) in [6, 6.07) is 16.3. The Balaban J connectivity index is 1.64. The van der Waals surface area contributed by atoms with E-state index in [1.165, 1.54) is 12.0 Å². The largest absolute Gasteiger partial charge is 0.497 e. The van der Waals surface area contributed by atoms with Crippen molar-refractivity contribution in [2.75, 3.05) is 18.6 Å². The second kappa shape index (κ2) is 13.0. The van der Waals surface area contributed by atoms with Crippen LogP contribution >= 0.6 is 0 Å². The maximum Gasteiger partial charge on any atom is 0.230 e. The normalized spacial score (nSPS) is 14.7. The second-order valence-electron chi connectivity index (χ2n) is 9.02. The van der Waals surface area contributed by atoms with Gasteiger partial charge in [0.25, 0.3) is 0 Å². The number of hydrogen-bond acceptors (Lipinski definition) is 3. The molecule has 1 fully saturated rings. The molecule has 0 bridgehead atoms. The lowest BCUT2D eigenvalue weighted by Gasteiger charge is -2.30. The molecular formula is C29H37NO3. The molecule has 0 radical (unpaired) electrons. The lowest BCUT2D eigenvalue weighted by molar-refractivity contribution is -0.123. The lowest BCUT2D eigenvalue weighted by Crippen LogP contribution is -2.38. The summed E-state index contributed by atoms with van der Waals surface area (Å²) in [6.07, 6.45) is 12.1. The van der Waals surface area contributed by atoms with Crippen molar-refractivity contribution >= 4 is 23.5 Å². The molecular weight excluding hydrogens is 410 g/mol. The van der Waals surface area contributed by atoms with Crippen LogP contribution in [-0.2, 0) is 16.0 Å². The summed E-state index contributed by atoms with van der Waals surface area (Å²) in [4.78, 5) is 26.4. The number of anilines is 1. The first-order valence-corrected chi connectivity index (χ1v) is 12.3. The van der Waals surface area contributed by atoms with Gasteiger partial charge in [0.05, 0.1) is 7.11 Å². The number of unbranched alkanes of at least 4 members (excludes halogenated alkanes) is 2. The van der Waals surface area contributed by atoms with Gasteiger partial charge < -0.3 is 9.64 Å². The number of carbonyl (C=O) groups is 2. The zero-order valence-corrected chi connectivity index (χ0v) is 20.1. The van der Waals surface area contributed by atoms with Crippen LogP contribution in [0.15, 0.2) is 54.6 Å². The molecule has 1 amide bonds. The van der Waals surface area contributed by atoms with Crippen LogP contribution in [0, 0.1) is 5.92 Å². The molecule has 0 saturated heterocycles. The van der Waals surface area contributed by atoms with Gasteiger partial charge in [0, 0.05) is 18.2 Å². The van der Waals surface area contributed by atoms with Crippen molar-refractivity contribution in [2.24, 2.45) is 5.92 Å². The molecule has 0 heterocycles. The van der Waals surface area contributed by atoms with Crippen LogP contribution in [0.3, 0.4) is 0 Å². The van der Waals surface area contributed by atoms with Crippen molar-refractivity contribution in [2.45, 2.75) is 64.7 Å². The molecule has 33 heavy (non-hydrogen) atoms. The molecule has 0 aromatic heterocycles. The quantitative estimate of drug-likeness (QED) is 0.221. The number of rotatable bonds is 11. The minimum Gasteiger partial charge on any atom is -0.497 e. The number of allylic oxidation sites excluding steroid dienone is 2. The standard InChI is InChI=1S/C29H37NO3/c1-23(19-21-31)26-13-9-14-27(22-26)30(29(32)25-11-6-3-7-12-25)20-8-4-5-10-24-15-17-28(33-2)18-16-24/h9,13-19,21-22,25H,3-8,10-12,20H2,1-2H3/b23-19+. The van der Waals surface area contributed by atoms with Crippen LogP contribution < -0.4 is 9.64 Å². The zero-order chi connectivity index (χ0) is 23.5. The Hall–Kier alpha value is -2.88. The molecule has 3 rings (SSSR count). The van der Waals surface area contributed by atoms with Crippen LogP contribution in [0.2, 0.25) is 0 Å². The van der Waals surface area contributed by atoms with Gasteiger partial charge in [-0.05, 0) is 86.1 Å². The monoisotopic (exact) mass is 447 g/mol. The fourth-order valence-electron chi connectivity index (χ4n) is 4.62. The van der Waals surface area contributed by atoms with Crippen LogP contribution in [0.1, 0.15) is 69.4 Å². The molecule has 1 aliphatic carbocycles. The third-order valence-corrected chi connectivity index (χ3v) is 6.66.